The third kappa shape index (κ3) is 3.87. The lowest BCUT2D eigenvalue weighted by Crippen LogP contribution is -2.65. The third-order valence-electron chi connectivity index (χ3n) is 6.17. The standard InChI is InChI=1S/C21H28F2N2O2/c1-20(2)19(26)25(17-4-5-17)14-21(27-20)8-11-24(12-9-21)10-7-15-13-16(22)3-6-18(15)23/h3,6,13,17H,4-5,7-12,14H2,1-2H3. The first-order valence-electron chi connectivity index (χ1n) is 9.96. The van der Waals surface area contributed by atoms with Gasteiger partial charge in [-0.15, -0.1) is 0 Å². The highest BCUT2D eigenvalue weighted by Crippen LogP contribution is 2.41. The summed E-state index contributed by atoms with van der Waals surface area (Å²) in [6.45, 7) is 6.84. The van der Waals surface area contributed by atoms with Crippen molar-refractivity contribution in [3.8, 4) is 0 Å². The molecule has 4 rings (SSSR count). The number of likely N-dealkylation sites (tertiary alicyclic amines) is 1. The highest BCUT2D eigenvalue weighted by molar-refractivity contribution is 5.86. The second-order valence-corrected chi connectivity index (χ2v) is 8.79. The molecular formula is C21H28F2N2O2. The van der Waals surface area contributed by atoms with Crippen molar-refractivity contribution >= 4 is 5.91 Å². The number of hydrogen-bond acceptors (Lipinski definition) is 3. The van der Waals surface area contributed by atoms with Gasteiger partial charge in [0.15, 0.2) is 0 Å². The molecule has 4 nitrogen and oxygen atoms in total. The Morgan fingerprint density at radius 2 is 1.89 bits per heavy atom. The van der Waals surface area contributed by atoms with Crippen molar-refractivity contribution in [1.82, 2.24) is 9.80 Å². The molecule has 27 heavy (non-hydrogen) atoms. The summed E-state index contributed by atoms with van der Waals surface area (Å²) >= 11 is 0. The molecule has 0 N–H and O–H groups in total. The van der Waals surface area contributed by atoms with Crippen LogP contribution in [-0.2, 0) is 16.0 Å². The number of amides is 1. The van der Waals surface area contributed by atoms with Crippen molar-refractivity contribution < 1.29 is 18.3 Å². The number of morpholine rings is 1. The lowest BCUT2D eigenvalue weighted by molar-refractivity contribution is -0.217. The van der Waals surface area contributed by atoms with Gasteiger partial charge >= 0.3 is 0 Å². The molecule has 1 aromatic carbocycles. The Balaban J connectivity index is 1.36. The van der Waals surface area contributed by atoms with Crippen molar-refractivity contribution in [2.45, 2.75) is 63.2 Å². The summed E-state index contributed by atoms with van der Waals surface area (Å²) in [7, 11) is 0. The maximum atomic E-state index is 13.8. The predicted octanol–water partition coefficient (Wildman–Crippen LogP) is 3.14. The average Bonchev–Trinajstić information content (AvgIpc) is 3.45. The molecule has 2 aliphatic heterocycles. The van der Waals surface area contributed by atoms with Gasteiger partial charge in [-0.2, -0.15) is 0 Å². The molecule has 0 unspecified atom stereocenters. The van der Waals surface area contributed by atoms with Crippen LogP contribution < -0.4 is 0 Å². The Kier molecular flexibility index (Phi) is 4.75. The van der Waals surface area contributed by atoms with Gasteiger partial charge in [0.2, 0.25) is 0 Å². The van der Waals surface area contributed by atoms with E-state index in [-0.39, 0.29) is 17.3 Å². The largest absolute Gasteiger partial charge is 0.357 e. The number of halogens is 2. The molecule has 1 saturated carbocycles. The molecule has 1 aromatic rings. The Morgan fingerprint density at radius 1 is 1.19 bits per heavy atom. The van der Waals surface area contributed by atoms with Crippen molar-refractivity contribution in [2.75, 3.05) is 26.2 Å². The number of nitrogens with zero attached hydrogens (tertiary/aromatic N) is 2. The van der Waals surface area contributed by atoms with Crippen LogP contribution in [0.4, 0.5) is 8.78 Å². The van der Waals surface area contributed by atoms with E-state index < -0.39 is 11.4 Å². The quantitative estimate of drug-likeness (QED) is 0.807. The smallest absolute Gasteiger partial charge is 0.254 e. The fourth-order valence-electron chi connectivity index (χ4n) is 4.48. The van der Waals surface area contributed by atoms with Crippen LogP contribution >= 0.6 is 0 Å². The molecule has 1 aliphatic carbocycles. The molecule has 0 aromatic heterocycles. The lowest BCUT2D eigenvalue weighted by atomic mass is 9.86. The first kappa shape index (κ1) is 18.8. The van der Waals surface area contributed by atoms with E-state index in [2.05, 4.69) is 4.90 Å². The van der Waals surface area contributed by atoms with Crippen LogP contribution in [-0.4, -0.2) is 59.1 Å². The average molecular weight is 378 g/mol. The summed E-state index contributed by atoms with van der Waals surface area (Å²) in [6.07, 6.45) is 4.42. The highest BCUT2D eigenvalue weighted by Gasteiger charge is 2.53. The number of ether oxygens (including phenoxy) is 1. The van der Waals surface area contributed by atoms with E-state index in [9.17, 15) is 13.6 Å². The summed E-state index contributed by atoms with van der Waals surface area (Å²) in [5.41, 5.74) is -0.621. The molecule has 2 heterocycles. The molecular weight excluding hydrogens is 350 g/mol. The van der Waals surface area contributed by atoms with Crippen molar-refractivity contribution in [3.05, 3.63) is 35.4 Å². The molecule has 6 heteroatoms. The number of carbonyl (C=O) groups excluding carboxylic acids is 1. The van der Waals surface area contributed by atoms with Crippen LogP contribution in [0, 0.1) is 11.6 Å². The van der Waals surface area contributed by atoms with Crippen molar-refractivity contribution in [3.63, 3.8) is 0 Å². The Bertz CT molecular complexity index is 725. The van der Waals surface area contributed by atoms with Gasteiger partial charge in [0, 0.05) is 25.7 Å². The molecule has 1 spiro atoms. The number of piperidine rings is 1. The van der Waals surface area contributed by atoms with Gasteiger partial charge in [-0.1, -0.05) is 0 Å². The second kappa shape index (κ2) is 6.82. The molecule has 0 radical (unpaired) electrons. The fourth-order valence-corrected chi connectivity index (χ4v) is 4.48. The Hall–Kier alpha value is -1.53. The molecule has 0 atom stereocenters. The van der Waals surface area contributed by atoms with E-state index in [1.54, 1.807) is 0 Å². The SMILES string of the molecule is CC1(C)OC2(CCN(CCc3cc(F)ccc3F)CC2)CN(C2CC2)C1=O. The monoisotopic (exact) mass is 378 g/mol. The first-order valence-corrected chi connectivity index (χ1v) is 9.96. The van der Waals surface area contributed by atoms with E-state index in [0.717, 1.165) is 44.8 Å². The van der Waals surface area contributed by atoms with Gasteiger partial charge in [-0.25, -0.2) is 8.78 Å². The second-order valence-electron chi connectivity index (χ2n) is 8.79. The summed E-state index contributed by atoms with van der Waals surface area (Å²) in [5.74, 6) is -0.632. The van der Waals surface area contributed by atoms with E-state index in [1.807, 2.05) is 18.7 Å². The lowest BCUT2D eigenvalue weighted by Gasteiger charge is -2.52. The Labute approximate surface area is 159 Å². The Morgan fingerprint density at radius 3 is 2.56 bits per heavy atom. The summed E-state index contributed by atoms with van der Waals surface area (Å²) in [5, 5.41) is 0. The van der Waals surface area contributed by atoms with Crippen LogP contribution in [0.5, 0.6) is 0 Å². The van der Waals surface area contributed by atoms with E-state index in [1.165, 1.54) is 12.1 Å². The van der Waals surface area contributed by atoms with Crippen molar-refractivity contribution in [2.24, 2.45) is 0 Å². The normalized spacial score (nSPS) is 25.2. The predicted molar refractivity (Wildman–Crippen MR) is 98.4 cm³/mol. The fraction of sp³-hybridized carbons (Fsp3) is 0.667. The third-order valence-corrected chi connectivity index (χ3v) is 6.17. The number of rotatable bonds is 4. The molecule has 148 valence electrons. The molecule has 3 aliphatic rings. The van der Waals surface area contributed by atoms with Crippen LogP contribution in [0.2, 0.25) is 0 Å². The van der Waals surface area contributed by atoms with Crippen LogP contribution in [0.1, 0.15) is 45.1 Å². The number of benzene rings is 1. The minimum atomic E-state index is -0.770. The zero-order valence-corrected chi connectivity index (χ0v) is 16.1. The topological polar surface area (TPSA) is 32.8 Å². The van der Waals surface area contributed by atoms with E-state index in [4.69, 9.17) is 4.74 Å². The zero-order chi connectivity index (χ0) is 19.2. The van der Waals surface area contributed by atoms with Crippen LogP contribution in [0.3, 0.4) is 0 Å². The maximum Gasteiger partial charge on any atom is 0.254 e. The minimum Gasteiger partial charge on any atom is -0.357 e. The van der Waals surface area contributed by atoms with E-state index >= 15 is 0 Å². The van der Waals surface area contributed by atoms with Crippen LogP contribution in [0.15, 0.2) is 18.2 Å². The first-order chi connectivity index (χ1) is 12.8. The van der Waals surface area contributed by atoms with Crippen LogP contribution in [0.25, 0.3) is 0 Å². The van der Waals surface area contributed by atoms with Gasteiger partial charge in [0.05, 0.1) is 12.1 Å². The zero-order valence-electron chi connectivity index (χ0n) is 16.1. The summed E-state index contributed by atoms with van der Waals surface area (Å²) in [4.78, 5) is 17.0. The van der Waals surface area contributed by atoms with E-state index in [0.29, 0.717) is 31.1 Å². The van der Waals surface area contributed by atoms with Gasteiger partial charge < -0.3 is 14.5 Å². The summed E-state index contributed by atoms with van der Waals surface area (Å²) < 4.78 is 33.5. The molecule has 2 saturated heterocycles. The minimum absolute atomic E-state index is 0.111. The molecule has 0 bridgehead atoms. The molecule has 3 fully saturated rings. The van der Waals surface area contributed by atoms with Gasteiger partial charge in [0.1, 0.15) is 17.2 Å². The maximum absolute atomic E-state index is 13.8. The highest BCUT2D eigenvalue weighted by atomic mass is 19.1. The molecule has 1 amide bonds. The van der Waals surface area contributed by atoms with Gasteiger partial charge in [-0.3, -0.25) is 4.79 Å². The number of carbonyl (C=O) groups is 1. The number of hydrogen-bond donors (Lipinski definition) is 0. The van der Waals surface area contributed by atoms with Crippen molar-refractivity contribution in [1.29, 1.82) is 0 Å². The summed E-state index contributed by atoms with van der Waals surface area (Å²) in [6, 6.07) is 4.02. The van der Waals surface area contributed by atoms with Gasteiger partial charge in [0.25, 0.3) is 5.91 Å². The van der Waals surface area contributed by atoms with Gasteiger partial charge in [-0.05, 0) is 69.7 Å².